The smallest absolute Gasteiger partial charge is 0.335 e. The molecule has 1 N–H and O–H groups in total. The molecule has 2 aromatic carbocycles. The lowest BCUT2D eigenvalue weighted by molar-refractivity contribution is 0.0696. The highest BCUT2D eigenvalue weighted by Crippen LogP contribution is 2.28. The van der Waals surface area contributed by atoms with Crippen molar-refractivity contribution in [3.05, 3.63) is 58.1 Å². The molecular formula is C15H13BrO4. The Kier molecular flexibility index (Phi) is 4.63. The Morgan fingerprint density at radius 3 is 2.60 bits per heavy atom. The van der Waals surface area contributed by atoms with Crippen LogP contribution < -0.4 is 9.47 Å². The standard InChI is InChI=1S/C15H13BrO4/c1-19-13-5-3-2-4-11(13)9-20-14-7-6-10(15(17)18)8-12(14)16/h2-8H,9H2,1H3,(H,17,18). The largest absolute Gasteiger partial charge is 0.496 e. The monoisotopic (exact) mass is 336 g/mol. The molecule has 0 bridgehead atoms. The van der Waals surface area contributed by atoms with Crippen molar-refractivity contribution in [1.29, 1.82) is 0 Å². The minimum absolute atomic E-state index is 0.210. The maximum atomic E-state index is 10.8. The molecule has 0 radical (unpaired) electrons. The minimum atomic E-state index is -0.970. The van der Waals surface area contributed by atoms with Crippen molar-refractivity contribution in [2.45, 2.75) is 6.61 Å². The van der Waals surface area contributed by atoms with Gasteiger partial charge in [-0.2, -0.15) is 0 Å². The number of carboxylic acid groups (broad SMARTS) is 1. The lowest BCUT2D eigenvalue weighted by Crippen LogP contribution is -2.00. The van der Waals surface area contributed by atoms with Gasteiger partial charge in [0, 0.05) is 5.56 Å². The van der Waals surface area contributed by atoms with Crippen LogP contribution in [-0.2, 0) is 6.61 Å². The van der Waals surface area contributed by atoms with Crippen molar-refractivity contribution in [2.24, 2.45) is 0 Å². The Bertz CT molecular complexity index is 625. The van der Waals surface area contributed by atoms with Gasteiger partial charge in [-0.1, -0.05) is 18.2 Å². The Labute approximate surface area is 125 Å². The second-order valence-corrected chi connectivity index (χ2v) is 4.91. The Hall–Kier alpha value is -2.01. The lowest BCUT2D eigenvalue weighted by Gasteiger charge is -2.11. The van der Waals surface area contributed by atoms with Gasteiger partial charge in [0.25, 0.3) is 0 Å². The molecule has 20 heavy (non-hydrogen) atoms. The second-order valence-electron chi connectivity index (χ2n) is 4.05. The first-order valence-corrected chi connectivity index (χ1v) is 6.68. The molecule has 0 aliphatic heterocycles. The summed E-state index contributed by atoms with van der Waals surface area (Å²) in [7, 11) is 1.61. The van der Waals surface area contributed by atoms with E-state index in [0.29, 0.717) is 16.8 Å². The van der Waals surface area contributed by atoms with Crippen LogP contribution in [0.4, 0.5) is 0 Å². The van der Waals surface area contributed by atoms with E-state index in [2.05, 4.69) is 15.9 Å². The fourth-order valence-electron chi connectivity index (χ4n) is 1.73. The molecule has 0 saturated heterocycles. The number of rotatable bonds is 5. The molecule has 2 rings (SSSR count). The average Bonchev–Trinajstić information content (AvgIpc) is 2.46. The molecule has 0 atom stereocenters. The van der Waals surface area contributed by atoms with E-state index in [1.165, 1.54) is 12.1 Å². The predicted octanol–water partition coefficient (Wildman–Crippen LogP) is 3.73. The van der Waals surface area contributed by atoms with Crippen molar-refractivity contribution < 1.29 is 19.4 Å². The van der Waals surface area contributed by atoms with Gasteiger partial charge < -0.3 is 14.6 Å². The first kappa shape index (κ1) is 14.4. The van der Waals surface area contributed by atoms with Gasteiger partial charge in [-0.05, 0) is 40.2 Å². The van der Waals surface area contributed by atoms with Crippen molar-refractivity contribution in [1.82, 2.24) is 0 Å². The van der Waals surface area contributed by atoms with E-state index in [1.54, 1.807) is 13.2 Å². The molecular weight excluding hydrogens is 324 g/mol. The van der Waals surface area contributed by atoms with Crippen molar-refractivity contribution in [3.63, 3.8) is 0 Å². The van der Waals surface area contributed by atoms with Crippen molar-refractivity contribution in [3.8, 4) is 11.5 Å². The first-order valence-electron chi connectivity index (χ1n) is 5.89. The number of hydrogen-bond donors (Lipinski definition) is 1. The normalized spacial score (nSPS) is 10.1. The number of methoxy groups -OCH3 is 1. The number of benzene rings is 2. The van der Waals surface area contributed by atoms with E-state index in [9.17, 15) is 4.79 Å². The maximum Gasteiger partial charge on any atom is 0.335 e. The van der Waals surface area contributed by atoms with E-state index in [-0.39, 0.29) is 5.56 Å². The molecule has 0 saturated carbocycles. The SMILES string of the molecule is COc1ccccc1COc1ccc(C(=O)O)cc1Br. The van der Waals surface area contributed by atoms with E-state index in [4.69, 9.17) is 14.6 Å². The third kappa shape index (κ3) is 3.30. The summed E-state index contributed by atoms with van der Waals surface area (Å²) in [5.41, 5.74) is 1.13. The van der Waals surface area contributed by atoms with Gasteiger partial charge in [0.2, 0.25) is 0 Å². The van der Waals surface area contributed by atoms with Gasteiger partial charge in [-0.15, -0.1) is 0 Å². The van der Waals surface area contributed by atoms with E-state index in [1.807, 2.05) is 24.3 Å². The molecule has 5 heteroatoms. The Morgan fingerprint density at radius 2 is 1.95 bits per heavy atom. The van der Waals surface area contributed by atoms with Crippen LogP contribution in [0.1, 0.15) is 15.9 Å². The second kappa shape index (κ2) is 6.43. The zero-order chi connectivity index (χ0) is 14.5. The number of carbonyl (C=O) groups is 1. The number of halogens is 1. The van der Waals surface area contributed by atoms with Crippen molar-refractivity contribution >= 4 is 21.9 Å². The Balaban J connectivity index is 2.13. The molecule has 104 valence electrons. The highest BCUT2D eigenvalue weighted by atomic mass is 79.9. The summed E-state index contributed by atoms with van der Waals surface area (Å²) in [4.78, 5) is 10.8. The zero-order valence-electron chi connectivity index (χ0n) is 10.8. The van der Waals surface area contributed by atoms with Crippen LogP contribution in [0.5, 0.6) is 11.5 Å². The number of carboxylic acids is 1. The van der Waals surface area contributed by atoms with E-state index in [0.717, 1.165) is 11.3 Å². The van der Waals surface area contributed by atoms with Gasteiger partial charge in [-0.25, -0.2) is 4.79 Å². The predicted molar refractivity (Wildman–Crippen MR) is 78.4 cm³/mol. The number of aromatic carboxylic acids is 1. The van der Waals surface area contributed by atoms with E-state index >= 15 is 0 Å². The van der Waals surface area contributed by atoms with Crippen LogP contribution in [0.3, 0.4) is 0 Å². The fourth-order valence-corrected chi connectivity index (χ4v) is 2.22. The van der Waals surface area contributed by atoms with Gasteiger partial charge in [0.05, 0.1) is 17.1 Å². The molecule has 4 nitrogen and oxygen atoms in total. The summed E-state index contributed by atoms with van der Waals surface area (Å²) < 4.78 is 11.5. The van der Waals surface area contributed by atoms with Crippen LogP contribution in [0.25, 0.3) is 0 Å². The first-order chi connectivity index (χ1) is 9.61. The highest BCUT2D eigenvalue weighted by molar-refractivity contribution is 9.10. The van der Waals surface area contributed by atoms with Gasteiger partial charge in [-0.3, -0.25) is 0 Å². The topological polar surface area (TPSA) is 55.8 Å². The summed E-state index contributed by atoms with van der Waals surface area (Å²) in [6.07, 6.45) is 0. The molecule has 0 aliphatic carbocycles. The van der Waals surface area contributed by atoms with E-state index < -0.39 is 5.97 Å². The number of hydrogen-bond acceptors (Lipinski definition) is 3. The fraction of sp³-hybridized carbons (Fsp3) is 0.133. The molecule has 0 aliphatic rings. The number of para-hydroxylation sites is 1. The van der Waals surface area contributed by atoms with Gasteiger partial charge in [0.15, 0.2) is 0 Å². The Morgan fingerprint density at radius 1 is 1.20 bits per heavy atom. The molecule has 0 heterocycles. The summed E-state index contributed by atoms with van der Waals surface area (Å²) in [5, 5.41) is 8.90. The van der Waals surface area contributed by atoms with Crippen molar-refractivity contribution in [2.75, 3.05) is 7.11 Å². The average molecular weight is 337 g/mol. The van der Waals surface area contributed by atoms with Gasteiger partial charge in [0.1, 0.15) is 18.1 Å². The lowest BCUT2D eigenvalue weighted by atomic mass is 10.2. The quantitative estimate of drug-likeness (QED) is 0.903. The maximum absolute atomic E-state index is 10.8. The summed E-state index contributed by atoms with van der Waals surface area (Å²) in [5.74, 6) is 0.369. The van der Waals surface area contributed by atoms with Crippen LogP contribution in [0.2, 0.25) is 0 Å². The summed E-state index contributed by atoms with van der Waals surface area (Å²) >= 11 is 3.30. The third-order valence-corrected chi connectivity index (χ3v) is 3.37. The van der Waals surface area contributed by atoms with Crippen LogP contribution in [0, 0.1) is 0 Å². The molecule has 0 amide bonds. The molecule has 0 unspecified atom stereocenters. The molecule has 0 fully saturated rings. The zero-order valence-corrected chi connectivity index (χ0v) is 12.4. The summed E-state index contributed by atoms with van der Waals surface area (Å²) in [6, 6.07) is 12.2. The van der Waals surface area contributed by atoms with Crippen LogP contribution in [-0.4, -0.2) is 18.2 Å². The molecule has 0 spiro atoms. The van der Waals surface area contributed by atoms with Crippen LogP contribution in [0.15, 0.2) is 46.9 Å². The van der Waals surface area contributed by atoms with Crippen LogP contribution >= 0.6 is 15.9 Å². The third-order valence-electron chi connectivity index (χ3n) is 2.75. The summed E-state index contributed by atoms with van der Waals surface area (Å²) in [6.45, 7) is 0.342. The number of ether oxygens (including phenoxy) is 2. The van der Waals surface area contributed by atoms with Gasteiger partial charge >= 0.3 is 5.97 Å². The molecule has 2 aromatic rings. The minimum Gasteiger partial charge on any atom is -0.496 e. The molecule has 0 aromatic heterocycles. The highest BCUT2D eigenvalue weighted by Gasteiger charge is 2.09.